The predicted octanol–water partition coefficient (Wildman–Crippen LogP) is 2.92. The first-order chi connectivity index (χ1) is 9.49. The van der Waals surface area contributed by atoms with Gasteiger partial charge in [-0.05, 0) is 42.9 Å². The Bertz CT molecular complexity index is 485. The molecule has 1 fully saturated rings. The third kappa shape index (κ3) is 3.24. The molecule has 0 aromatic heterocycles. The van der Waals surface area contributed by atoms with Gasteiger partial charge in [-0.15, -0.1) is 0 Å². The van der Waals surface area contributed by atoms with E-state index in [1.165, 1.54) is 25.3 Å². The van der Waals surface area contributed by atoms with Crippen LogP contribution < -0.4 is 11.1 Å². The largest absolute Gasteiger partial charge is 0.506 e. The molecule has 0 heterocycles. The summed E-state index contributed by atoms with van der Waals surface area (Å²) in [5.41, 5.74) is 6.31. The summed E-state index contributed by atoms with van der Waals surface area (Å²) in [4.78, 5) is 12.3. The average molecular weight is 276 g/mol. The molecule has 1 saturated carbocycles. The van der Waals surface area contributed by atoms with E-state index in [1.54, 1.807) is 12.1 Å². The molecule has 0 aliphatic heterocycles. The fourth-order valence-corrected chi connectivity index (χ4v) is 3.07. The lowest BCUT2D eigenvalue weighted by Gasteiger charge is -2.34. The van der Waals surface area contributed by atoms with E-state index >= 15 is 0 Å². The van der Waals surface area contributed by atoms with Crippen LogP contribution in [0.2, 0.25) is 0 Å². The Morgan fingerprint density at radius 3 is 2.70 bits per heavy atom. The van der Waals surface area contributed by atoms with Crippen molar-refractivity contribution in [1.82, 2.24) is 5.32 Å². The molecule has 110 valence electrons. The van der Waals surface area contributed by atoms with E-state index in [1.807, 2.05) is 0 Å². The Morgan fingerprint density at radius 2 is 2.05 bits per heavy atom. The van der Waals surface area contributed by atoms with Crippen molar-refractivity contribution >= 4 is 11.6 Å². The Kier molecular flexibility index (Phi) is 4.53. The number of benzene rings is 1. The zero-order valence-electron chi connectivity index (χ0n) is 12.2. The quantitative estimate of drug-likeness (QED) is 0.587. The van der Waals surface area contributed by atoms with E-state index in [0.717, 1.165) is 6.42 Å². The third-order valence-corrected chi connectivity index (χ3v) is 4.28. The maximum Gasteiger partial charge on any atom is 0.251 e. The summed E-state index contributed by atoms with van der Waals surface area (Å²) in [6, 6.07) is 4.87. The van der Waals surface area contributed by atoms with E-state index in [2.05, 4.69) is 19.2 Å². The number of phenolic OH excluding ortho intramolecular Hbond substituents is 1. The fraction of sp³-hybridized carbons (Fsp3) is 0.562. The van der Waals surface area contributed by atoms with Crippen molar-refractivity contribution in [3.63, 3.8) is 0 Å². The van der Waals surface area contributed by atoms with Crippen LogP contribution in [0, 0.1) is 11.8 Å². The van der Waals surface area contributed by atoms with Crippen LogP contribution in [-0.2, 0) is 0 Å². The van der Waals surface area contributed by atoms with Gasteiger partial charge in [-0.1, -0.05) is 26.7 Å². The van der Waals surface area contributed by atoms with Crippen molar-refractivity contribution in [2.45, 2.75) is 45.6 Å². The predicted molar refractivity (Wildman–Crippen MR) is 80.6 cm³/mol. The van der Waals surface area contributed by atoms with Gasteiger partial charge >= 0.3 is 0 Å². The monoisotopic (exact) mass is 276 g/mol. The topological polar surface area (TPSA) is 75.4 Å². The molecule has 0 radical (unpaired) electrons. The molecule has 1 amide bonds. The van der Waals surface area contributed by atoms with Gasteiger partial charge in [-0.25, -0.2) is 0 Å². The van der Waals surface area contributed by atoms with E-state index in [-0.39, 0.29) is 17.7 Å². The van der Waals surface area contributed by atoms with Crippen LogP contribution >= 0.6 is 0 Å². The molecule has 4 N–H and O–H groups in total. The number of hydrogen-bond acceptors (Lipinski definition) is 3. The number of anilines is 1. The number of carbonyl (C=O) groups is 1. The Hall–Kier alpha value is -1.71. The lowest BCUT2D eigenvalue weighted by atomic mass is 9.78. The van der Waals surface area contributed by atoms with Crippen molar-refractivity contribution in [3.8, 4) is 5.75 Å². The molecule has 0 saturated heterocycles. The number of carbonyl (C=O) groups excluding carboxylic acids is 1. The highest BCUT2D eigenvalue weighted by Gasteiger charge is 2.28. The minimum Gasteiger partial charge on any atom is -0.506 e. The first-order valence-electron chi connectivity index (χ1n) is 7.38. The average Bonchev–Trinajstić information content (AvgIpc) is 2.42. The summed E-state index contributed by atoms with van der Waals surface area (Å²) >= 11 is 0. The van der Waals surface area contributed by atoms with Crippen LogP contribution in [0.1, 0.15) is 49.9 Å². The molecule has 4 nitrogen and oxygen atoms in total. The zero-order valence-corrected chi connectivity index (χ0v) is 12.2. The van der Waals surface area contributed by atoms with Gasteiger partial charge in [0.1, 0.15) is 5.75 Å². The Labute approximate surface area is 120 Å². The highest BCUT2D eigenvalue weighted by molar-refractivity contribution is 5.95. The molecule has 1 aliphatic rings. The van der Waals surface area contributed by atoms with Crippen molar-refractivity contribution in [3.05, 3.63) is 23.8 Å². The molecule has 4 heteroatoms. The number of rotatable bonds is 3. The molecule has 2 unspecified atom stereocenters. The van der Waals surface area contributed by atoms with Crippen LogP contribution in [0.5, 0.6) is 5.75 Å². The molecule has 20 heavy (non-hydrogen) atoms. The number of nitrogens with one attached hydrogen (secondary N) is 1. The van der Waals surface area contributed by atoms with Gasteiger partial charge in [0.15, 0.2) is 0 Å². The molecular formula is C16H24N2O2. The highest BCUT2D eigenvalue weighted by atomic mass is 16.3. The minimum absolute atomic E-state index is 0.0401. The summed E-state index contributed by atoms with van der Waals surface area (Å²) in [5.74, 6) is 0.940. The van der Waals surface area contributed by atoms with Gasteiger partial charge in [-0.2, -0.15) is 0 Å². The first-order valence-corrected chi connectivity index (χ1v) is 7.38. The lowest BCUT2D eigenvalue weighted by molar-refractivity contribution is 0.0889. The number of nitrogens with two attached hydrogens (primary N) is 1. The van der Waals surface area contributed by atoms with Crippen LogP contribution in [0.3, 0.4) is 0 Å². The smallest absolute Gasteiger partial charge is 0.251 e. The number of nitrogen functional groups attached to an aromatic ring is 1. The molecule has 2 atom stereocenters. The Morgan fingerprint density at radius 1 is 1.35 bits per heavy atom. The second-order valence-electron chi connectivity index (χ2n) is 6.05. The molecular weight excluding hydrogens is 252 g/mol. The SMILES string of the molecule is CC(C)C1CCCCC1NC(=O)c1ccc(N)c(O)c1. The number of amides is 1. The van der Waals surface area contributed by atoms with Crippen LogP contribution in [0.15, 0.2) is 18.2 Å². The second kappa shape index (κ2) is 6.16. The standard InChI is InChI=1S/C16H24N2O2/c1-10(2)12-5-3-4-6-14(12)18-16(20)11-7-8-13(17)15(19)9-11/h7-10,12,14,19H,3-6,17H2,1-2H3,(H,18,20). The summed E-state index contributed by atoms with van der Waals surface area (Å²) < 4.78 is 0. The summed E-state index contributed by atoms with van der Waals surface area (Å²) in [7, 11) is 0. The number of aromatic hydroxyl groups is 1. The summed E-state index contributed by atoms with van der Waals surface area (Å²) in [5, 5.41) is 12.7. The van der Waals surface area contributed by atoms with Crippen LogP contribution in [0.4, 0.5) is 5.69 Å². The third-order valence-electron chi connectivity index (χ3n) is 4.28. The normalized spacial score (nSPS) is 22.8. The number of phenols is 1. The number of hydrogen-bond donors (Lipinski definition) is 3. The first kappa shape index (κ1) is 14.7. The van der Waals surface area contributed by atoms with E-state index in [0.29, 0.717) is 23.1 Å². The van der Waals surface area contributed by atoms with Gasteiger partial charge in [0, 0.05) is 11.6 Å². The van der Waals surface area contributed by atoms with Crippen molar-refractivity contribution in [2.24, 2.45) is 11.8 Å². The zero-order chi connectivity index (χ0) is 14.7. The summed E-state index contributed by atoms with van der Waals surface area (Å²) in [6.45, 7) is 4.42. The maximum absolute atomic E-state index is 12.3. The molecule has 1 aliphatic carbocycles. The van der Waals surface area contributed by atoms with E-state index < -0.39 is 0 Å². The van der Waals surface area contributed by atoms with E-state index in [9.17, 15) is 9.90 Å². The molecule has 1 aromatic rings. The minimum atomic E-state index is -0.127. The van der Waals surface area contributed by atoms with Crippen LogP contribution in [0.25, 0.3) is 0 Å². The fourth-order valence-electron chi connectivity index (χ4n) is 3.07. The van der Waals surface area contributed by atoms with Crippen molar-refractivity contribution in [1.29, 1.82) is 0 Å². The summed E-state index contributed by atoms with van der Waals surface area (Å²) in [6.07, 6.45) is 4.63. The van der Waals surface area contributed by atoms with Gasteiger partial charge in [0.2, 0.25) is 0 Å². The van der Waals surface area contributed by atoms with Gasteiger partial charge in [0.25, 0.3) is 5.91 Å². The van der Waals surface area contributed by atoms with Gasteiger partial charge < -0.3 is 16.2 Å². The van der Waals surface area contributed by atoms with Gasteiger partial charge in [0.05, 0.1) is 5.69 Å². The lowest BCUT2D eigenvalue weighted by Crippen LogP contribution is -2.43. The van der Waals surface area contributed by atoms with Gasteiger partial charge in [-0.3, -0.25) is 4.79 Å². The molecule has 2 rings (SSSR count). The van der Waals surface area contributed by atoms with Crippen molar-refractivity contribution < 1.29 is 9.90 Å². The highest BCUT2D eigenvalue weighted by Crippen LogP contribution is 2.30. The van der Waals surface area contributed by atoms with E-state index in [4.69, 9.17) is 5.73 Å². The molecule has 0 spiro atoms. The van der Waals surface area contributed by atoms with Crippen LogP contribution in [-0.4, -0.2) is 17.1 Å². The second-order valence-corrected chi connectivity index (χ2v) is 6.05. The molecule has 1 aromatic carbocycles. The van der Waals surface area contributed by atoms with Crippen molar-refractivity contribution in [2.75, 3.05) is 5.73 Å². The molecule has 0 bridgehead atoms. The Balaban J connectivity index is 2.07. The maximum atomic E-state index is 12.3.